The number of methoxy groups -OCH3 is 1. The van der Waals surface area contributed by atoms with Gasteiger partial charge in [-0.05, 0) is 19.9 Å². The van der Waals surface area contributed by atoms with E-state index in [9.17, 15) is 4.79 Å². The number of rotatable bonds is 5. The number of likely N-dealkylation sites (N-methyl/N-ethyl adjacent to an activating group) is 1. The summed E-state index contributed by atoms with van der Waals surface area (Å²) in [5.74, 6) is -0.280. The lowest BCUT2D eigenvalue weighted by Crippen LogP contribution is -2.47. The molecule has 0 spiro atoms. The third-order valence-corrected chi connectivity index (χ3v) is 2.74. The minimum Gasteiger partial charge on any atom is -0.468 e. The van der Waals surface area contributed by atoms with E-state index in [-0.39, 0.29) is 24.7 Å². The van der Waals surface area contributed by atoms with E-state index in [4.69, 9.17) is 10.5 Å². The number of hydrogen-bond acceptors (Lipinski definition) is 5. The van der Waals surface area contributed by atoms with Crippen LogP contribution in [0.2, 0.25) is 0 Å². The van der Waals surface area contributed by atoms with Crippen LogP contribution in [0.1, 0.15) is 12.8 Å². The molecule has 0 amide bonds. The van der Waals surface area contributed by atoms with Crippen LogP contribution >= 0.6 is 0 Å². The zero-order chi connectivity index (χ0) is 11.3. The van der Waals surface area contributed by atoms with Crippen LogP contribution < -0.4 is 5.73 Å². The van der Waals surface area contributed by atoms with Crippen molar-refractivity contribution in [3.63, 3.8) is 0 Å². The molecule has 0 bridgehead atoms. The lowest BCUT2D eigenvalue weighted by Gasteiger charge is -2.26. The van der Waals surface area contributed by atoms with Crippen molar-refractivity contribution in [2.75, 3.05) is 33.9 Å². The molecule has 0 aromatic rings. The second kappa shape index (κ2) is 6.05. The average molecular weight is 216 g/mol. The highest BCUT2D eigenvalue weighted by Crippen LogP contribution is 2.13. The van der Waals surface area contributed by atoms with Crippen LogP contribution in [-0.2, 0) is 14.3 Å². The van der Waals surface area contributed by atoms with Gasteiger partial charge in [-0.1, -0.05) is 0 Å². The molecule has 0 aromatic heterocycles. The molecule has 5 nitrogen and oxygen atoms in total. The Morgan fingerprint density at radius 1 is 1.73 bits per heavy atom. The first-order valence-corrected chi connectivity index (χ1v) is 5.28. The minimum absolute atomic E-state index is 0.230. The van der Waals surface area contributed by atoms with Crippen molar-refractivity contribution in [2.24, 2.45) is 5.73 Å². The first kappa shape index (κ1) is 12.4. The molecule has 0 saturated carbocycles. The molecule has 1 aliphatic heterocycles. The molecule has 0 aromatic carbocycles. The number of nitrogens with two attached hydrogens (primary N) is 1. The molecule has 5 heteroatoms. The smallest absolute Gasteiger partial charge is 0.324 e. The first-order chi connectivity index (χ1) is 7.19. The summed E-state index contributed by atoms with van der Waals surface area (Å²) in [5, 5.41) is 0. The van der Waals surface area contributed by atoms with Crippen molar-refractivity contribution in [1.29, 1.82) is 0 Å². The Hall–Kier alpha value is -0.650. The number of ether oxygens (including phenoxy) is 2. The SMILES string of the molecule is COC(=O)C(CN)N(C)CC1CCCO1. The van der Waals surface area contributed by atoms with E-state index in [0.29, 0.717) is 0 Å². The normalized spacial score (nSPS) is 23.1. The van der Waals surface area contributed by atoms with Crippen LogP contribution in [0.15, 0.2) is 0 Å². The van der Waals surface area contributed by atoms with Gasteiger partial charge in [0, 0.05) is 19.7 Å². The maximum atomic E-state index is 11.4. The lowest BCUT2D eigenvalue weighted by molar-refractivity contribution is -0.146. The number of carbonyl (C=O) groups is 1. The fraction of sp³-hybridized carbons (Fsp3) is 0.900. The predicted molar refractivity (Wildman–Crippen MR) is 56.5 cm³/mol. The molecule has 88 valence electrons. The zero-order valence-electron chi connectivity index (χ0n) is 9.44. The molecule has 0 aliphatic carbocycles. The molecule has 2 N–H and O–H groups in total. The Labute approximate surface area is 90.5 Å². The van der Waals surface area contributed by atoms with Crippen LogP contribution in [0.3, 0.4) is 0 Å². The van der Waals surface area contributed by atoms with Gasteiger partial charge in [0.1, 0.15) is 6.04 Å². The summed E-state index contributed by atoms with van der Waals surface area (Å²) < 4.78 is 10.2. The molecule has 1 aliphatic rings. The van der Waals surface area contributed by atoms with Gasteiger partial charge in [-0.15, -0.1) is 0 Å². The highest BCUT2D eigenvalue weighted by Gasteiger charge is 2.26. The van der Waals surface area contributed by atoms with Gasteiger partial charge in [-0.3, -0.25) is 9.69 Å². The fourth-order valence-corrected chi connectivity index (χ4v) is 1.83. The van der Waals surface area contributed by atoms with E-state index in [1.165, 1.54) is 7.11 Å². The van der Waals surface area contributed by atoms with Crippen LogP contribution in [0.25, 0.3) is 0 Å². The van der Waals surface area contributed by atoms with Crippen molar-refractivity contribution in [1.82, 2.24) is 4.90 Å². The van der Waals surface area contributed by atoms with Gasteiger partial charge < -0.3 is 15.2 Å². The zero-order valence-corrected chi connectivity index (χ0v) is 9.44. The van der Waals surface area contributed by atoms with Crippen molar-refractivity contribution >= 4 is 5.97 Å². The maximum absolute atomic E-state index is 11.4. The van der Waals surface area contributed by atoms with Gasteiger partial charge in [0.05, 0.1) is 13.2 Å². The average Bonchev–Trinajstić information content (AvgIpc) is 2.71. The second-order valence-corrected chi connectivity index (χ2v) is 3.85. The van der Waals surface area contributed by atoms with E-state index < -0.39 is 0 Å². The summed E-state index contributed by atoms with van der Waals surface area (Å²) in [4.78, 5) is 13.3. The van der Waals surface area contributed by atoms with E-state index in [0.717, 1.165) is 26.0 Å². The number of hydrogen-bond donors (Lipinski definition) is 1. The summed E-state index contributed by atoms with van der Waals surface area (Å²) >= 11 is 0. The van der Waals surface area contributed by atoms with Gasteiger partial charge in [0.15, 0.2) is 0 Å². The third-order valence-electron chi connectivity index (χ3n) is 2.74. The quantitative estimate of drug-likeness (QED) is 0.633. The number of carbonyl (C=O) groups excluding carboxylic acids is 1. The Morgan fingerprint density at radius 3 is 2.93 bits per heavy atom. The van der Waals surface area contributed by atoms with Gasteiger partial charge in [-0.2, -0.15) is 0 Å². The standard InChI is InChI=1S/C10H20N2O3/c1-12(7-8-4-3-5-15-8)9(6-11)10(13)14-2/h8-9H,3-7,11H2,1-2H3. The predicted octanol–water partition coefficient (Wildman–Crippen LogP) is -0.402. The number of esters is 1. The summed E-state index contributed by atoms with van der Waals surface area (Å²) in [6.45, 7) is 1.83. The Balaban J connectivity index is 2.41. The van der Waals surface area contributed by atoms with Crippen molar-refractivity contribution in [2.45, 2.75) is 25.0 Å². The largest absolute Gasteiger partial charge is 0.468 e. The second-order valence-electron chi connectivity index (χ2n) is 3.85. The molecule has 1 saturated heterocycles. The maximum Gasteiger partial charge on any atom is 0.324 e. The van der Waals surface area contributed by atoms with E-state index in [1.54, 1.807) is 0 Å². The van der Waals surface area contributed by atoms with E-state index in [2.05, 4.69) is 4.74 Å². The first-order valence-electron chi connectivity index (χ1n) is 5.28. The van der Waals surface area contributed by atoms with Crippen LogP contribution in [-0.4, -0.2) is 56.9 Å². The topological polar surface area (TPSA) is 64.8 Å². The van der Waals surface area contributed by atoms with Gasteiger partial charge in [-0.25, -0.2) is 0 Å². The van der Waals surface area contributed by atoms with Crippen molar-refractivity contribution < 1.29 is 14.3 Å². The summed E-state index contributed by atoms with van der Waals surface area (Å²) in [7, 11) is 3.25. The fourth-order valence-electron chi connectivity index (χ4n) is 1.83. The molecule has 1 rings (SSSR count). The third kappa shape index (κ3) is 3.44. The monoisotopic (exact) mass is 216 g/mol. The number of nitrogens with zero attached hydrogens (tertiary/aromatic N) is 1. The lowest BCUT2D eigenvalue weighted by atomic mass is 10.2. The van der Waals surface area contributed by atoms with Gasteiger partial charge in [0.2, 0.25) is 0 Å². The van der Waals surface area contributed by atoms with E-state index in [1.807, 2.05) is 11.9 Å². The molecule has 0 radical (unpaired) electrons. The Bertz CT molecular complexity index is 205. The van der Waals surface area contributed by atoms with Crippen LogP contribution in [0.4, 0.5) is 0 Å². The molecule has 2 unspecified atom stereocenters. The van der Waals surface area contributed by atoms with Crippen molar-refractivity contribution in [3.05, 3.63) is 0 Å². The summed E-state index contributed by atoms with van der Waals surface area (Å²) in [6, 6.07) is -0.362. The Kier molecular flexibility index (Phi) is 5.01. The molecular formula is C10H20N2O3. The van der Waals surface area contributed by atoms with E-state index >= 15 is 0 Å². The Morgan fingerprint density at radius 2 is 2.47 bits per heavy atom. The summed E-state index contributed by atoms with van der Waals surface area (Å²) in [5.41, 5.74) is 5.54. The van der Waals surface area contributed by atoms with Gasteiger partial charge in [0.25, 0.3) is 0 Å². The van der Waals surface area contributed by atoms with Gasteiger partial charge >= 0.3 is 5.97 Å². The summed E-state index contributed by atoms with van der Waals surface area (Å²) in [6.07, 6.45) is 2.39. The molecule has 2 atom stereocenters. The minimum atomic E-state index is -0.362. The molecule has 1 heterocycles. The molecular weight excluding hydrogens is 196 g/mol. The molecule has 1 fully saturated rings. The van der Waals surface area contributed by atoms with Crippen LogP contribution in [0, 0.1) is 0 Å². The highest BCUT2D eigenvalue weighted by atomic mass is 16.5. The van der Waals surface area contributed by atoms with Crippen LogP contribution in [0.5, 0.6) is 0 Å². The molecule has 15 heavy (non-hydrogen) atoms. The van der Waals surface area contributed by atoms with Crippen molar-refractivity contribution in [3.8, 4) is 0 Å². The highest BCUT2D eigenvalue weighted by molar-refractivity contribution is 5.75.